The Morgan fingerprint density at radius 2 is 1.86 bits per heavy atom. The van der Waals surface area contributed by atoms with E-state index in [2.05, 4.69) is 5.32 Å². The van der Waals surface area contributed by atoms with Gasteiger partial charge in [0.1, 0.15) is 11.8 Å². The minimum absolute atomic E-state index is 0.176. The van der Waals surface area contributed by atoms with Crippen molar-refractivity contribution in [1.82, 2.24) is 5.32 Å². The van der Waals surface area contributed by atoms with E-state index in [1.165, 1.54) is 0 Å². The van der Waals surface area contributed by atoms with Crippen LogP contribution in [0.4, 0.5) is 0 Å². The topological polar surface area (TPSA) is 79.5 Å². The smallest absolute Gasteiger partial charge is 0.326 e. The molecule has 1 amide bonds. The first-order chi connectivity index (χ1) is 14.0. The molecule has 0 aliphatic heterocycles. The first-order valence-electron chi connectivity index (χ1n) is 9.43. The van der Waals surface area contributed by atoms with E-state index in [0.29, 0.717) is 12.2 Å². The molecule has 0 unspecified atom stereocenters. The molecular formula is C23H23NO4S. The molecule has 1 atom stereocenters. The average molecular weight is 410 g/mol. The molecule has 5 nitrogen and oxygen atoms in total. The van der Waals surface area contributed by atoms with Crippen molar-refractivity contribution >= 4 is 24.5 Å². The Balaban J connectivity index is 2.02. The lowest BCUT2D eigenvalue weighted by Gasteiger charge is -2.19. The number of aliphatic carboxylic acids is 1. The number of hydrogen-bond donors (Lipinski definition) is 3. The lowest BCUT2D eigenvalue weighted by atomic mass is 9.92. The third kappa shape index (κ3) is 5.09. The molecule has 0 aliphatic rings. The highest BCUT2D eigenvalue weighted by atomic mass is 32.1. The fourth-order valence-corrected chi connectivity index (χ4v) is 3.62. The van der Waals surface area contributed by atoms with Crippen molar-refractivity contribution in [2.45, 2.75) is 37.1 Å². The summed E-state index contributed by atoms with van der Waals surface area (Å²) in [5.74, 6) is -0.654. The summed E-state index contributed by atoms with van der Waals surface area (Å²) in [6.07, 6.45) is 2.61. The lowest BCUT2D eigenvalue weighted by Crippen LogP contribution is -2.42. The normalized spacial score (nSPS) is 11.8. The van der Waals surface area contributed by atoms with E-state index < -0.39 is 12.0 Å². The molecule has 0 bridgehead atoms. The van der Waals surface area contributed by atoms with E-state index in [4.69, 9.17) is 17.0 Å². The highest BCUT2D eigenvalue weighted by Crippen LogP contribution is 2.33. The van der Waals surface area contributed by atoms with Crippen LogP contribution >= 0.6 is 12.6 Å². The number of hydrogen-bond acceptors (Lipinski definition) is 4. The Hall–Kier alpha value is -2.99. The largest absolute Gasteiger partial charge is 0.480 e. The van der Waals surface area contributed by atoms with Crippen molar-refractivity contribution in [2.24, 2.45) is 0 Å². The first kappa shape index (κ1) is 20.7. The number of benzene rings is 2. The molecule has 0 saturated heterocycles. The van der Waals surface area contributed by atoms with Crippen molar-refractivity contribution in [2.75, 3.05) is 0 Å². The number of rotatable bonds is 8. The minimum Gasteiger partial charge on any atom is -0.480 e. The Morgan fingerprint density at radius 1 is 1.10 bits per heavy atom. The predicted molar refractivity (Wildman–Crippen MR) is 114 cm³/mol. The van der Waals surface area contributed by atoms with E-state index in [1.54, 1.807) is 13.2 Å². The standard InChI is InChI=1S/C23H23NO4S/c1-2-21(25)24-19(23(26)27)14-16-10-11-17(20-9-6-12-28-20)22(29)18(16)13-15-7-4-3-5-8-15/h3-12,19,29H,2,13-14H2,1H3,(H,24,25)(H,26,27)/t19-/m0/s1. The van der Waals surface area contributed by atoms with Gasteiger partial charge in [0, 0.05) is 23.3 Å². The van der Waals surface area contributed by atoms with Gasteiger partial charge in [0.05, 0.1) is 6.26 Å². The maximum absolute atomic E-state index is 11.8. The van der Waals surface area contributed by atoms with Crippen LogP contribution in [0, 0.1) is 0 Å². The second kappa shape index (κ2) is 9.47. The Bertz CT molecular complexity index is 984. The molecule has 0 radical (unpaired) electrons. The Labute approximate surface area is 175 Å². The second-order valence-electron chi connectivity index (χ2n) is 6.76. The average Bonchev–Trinajstić information content (AvgIpc) is 3.25. The van der Waals surface area contributed by atoms with Crippen LogP contribution in [0.2, 0.25) is 0 Å². The lowest BCUT2D eigenvalue weighted by molar-refractivity contribution is -0.141. The van der Waals surface area contributed by atoms with Gasteiger partial charge in [-0.05, 0) is 41.3 Å². The number of carbonyl (C=O) groups is 2. The van der Waals surface area contributed by atoms with Crippen molar-refractivity contribution in [3.05, 3.63) is 77.6 Å². The molecule has 0 fully saturated rings. The number of amides is 1. The van der Waals surface area contributed by atoms with Crippen LogP contribution in [0.3, 0.4) is 0 Å². The van der Waals surface area contributed by atoms with E-state index in [1.807, 2.05) is 54.6 Å². The maximum Gasteiger partial charge on any atom is 0.326 e. The Morgan fingerprint density at radius 3 is 2.48 bits per heavy atom. The van der Waals surface area contributed by atoms with Gasteiger partial charge >= 0.3 is 5.97 Å². The third-order valence-corrected chi connectivity index (χ3v) is 5.28. The quantitative estimate of drug-likeness (QED) is 0.483. The molecule has 150 valence electrons. The summed E-state index contributed by atoms with van der Waals surface area (Å²) in [6, 6.07) is 16.4. The van der Waals surface area contributed by atoms with Gasteiger partial charge in [0.2, 0.25) is 5.91 Å². The summed E-state index contributed by atoms with van der Waals surface area (Å²) in [5.41, 5.74) is 3.69. The molecule has 3 rings (SSSR count). The van der Waals surface area contributed by atoms with Gasteiger partial charge in [-0.25, -0.2) is 4.79 Å². The van der Waals surface area contributed by atoms with Gasteiger partial charge in [-0.15, -0.1) is 12.6 Å². The van der Waals surface area contributed by atoms with Crippen LogP contribution in [0.5, 0.6) is 0 Å². The van der Waals surface area contributed by atoms with Crippen LogP contribution in [0.1, 0.15) is 30.0 Å². The summed E-state index contributed by atoms with van der Waals surface area (Å²) in [4.78, 5) is 24.2. The molecule has 2 N–H and O–H groups in total. The zero-order chi connectivity index (χ0) is 20.8. The van der Waals surface area contributed by atoms with E-state index in [-0.39, 0.29) is 18.7 Å². The maximum atomic E-state index is 11.8. The summed E-state index contributed by atoms with van der Waals surface area (Å²) in [7, 11) is 0. The summed E-state index contributed by atoms with van der Waals surface area (Å²) >= 11 is 4.77. The minimum atomic E-state index is -1.06. The molecule has 1 aromatic heterocycles. The van der Waals surface area contributed by atoms with Gasteiger partial charge in [-0.3, -0.25) is 4.79 Å². The zero-order valence-corrected chi connectivity index (χ0v) is 17.0. The number of furan rings is 1. The number of thiol groups is 1. The van der Waals surface area contributed by atoms with Gasteiger partial charge in [0.25, 0.3) is 0 Å². The van der Waals surface area contributed by atoms with Crippen LogP contribution in [-0.4, -0.2) is 23.0 Å². The Kier molecular flexibility index (Phi) is 6.77. The zero-order valence-electron chi connectivity index (χ0n) is 16.1. The van der Waals surface area contributed by atoms with Gasteiger partial charge in [-0.2, -0.15) is 0 Å². The number of nitrogens with one attached hydrogen (secondary N) is 1. The second-order valence-corrected chi connectivity index (χ2v) is 7.20. The monoisotopic (exact) mass is 409 g/mol. The third-order valence-electron chi connectivity index (χ3n) is 4.77. The molecule has 0 saturated carbocycles. The van der Waals surface area contributed by atoms with E-state index >= 15 is 0 Å². The molecule has 6 heteroatoms. The highest BCUT2D eigenvalue weighted by molar-refractivity contribution is 7.80. The first-order valence-corrected chi connectivity index (χ1v) is 9.88. The van der Waals surface area contributed by atoms with Crippen molar-refractivity contribution < 1.29 is 19.1 Å². The van der Waals surface area contributed by atoms with Gasteiger partial charge in [0.15, 0.2) is 0 Å². The SMILES string of the molecule is CCC(=O)N[C@@H](Cc1ccc(-c2ccco2)c(S)c1Cc1ccccc1)C(=O)O. The van der Waals surface area contributed by atoms with Crippen molar-refractivity contribution in [3.63, 3.8) is 0 Å². The van der Waals surface area contributed by atoms with Gasteiger partial charge < -0.3 is 14.8 Å². The summed E-state index contributed by atoms with van der Waals surface area (Å²) in [5, 5.41) is 12.2. The van der Waals surface area contributed by atoms with Crippen LogP contribution in [0.15, 0.2) is 70.2 Å². The molecule has 2 aromatic carbocycles. The molecule has 0 spiro atoms. The number of carbonyl (C=O) groups excluding carboxylic acids is 1. The number of carboxylic acids is 1. The van der Waals surface area contributed by atoms with E-state index in [9.17, 15) is 14.7 Å². The van der Waals surface area contributed by atoms with E-state index in [0.717, 1.165) is 27.1 Å². The van der Waals surface area contributed by atoms with Gasteiger partial charge in [-0.1, -0.05) is 43.3 Å². The number of carboxylic acid groups (broad SMARTS) is 1. The predicted octanol–water partition coefficient (Wildman–Crippen LogP) is 4.35. The van der Waals surface area contributed by atoms with Crippen molar-refractivity contribution in [3.8, 4) is 11.3 Å². The molecule has 3 aromatic rings. The molecule has 29 heavy (non-hydrogen) atoms. The summed E-state index contributed by atoms with van der Waals surface area (Å²) in [6.45, 7) is 1.69. The fourth-order valence-electron chi connectivity index (χ4n) is 3.21. The fraction of sp³-hybridized carbons (Fsp3) is 0.217. The van der Waals surface area contributed by atoms with Crippen molar-refractivity contribution in [1.29, 1.82) is 0 Å². The highest BCUT2D eigenvalue weighted by Gasteiger charge is 2.23. The molecule has 1 heterocycles. The molecule has 0 aliphatic carbocycles. The van der Waals surface area contributed by atoms with Crippen LogP contribution < -0.4 is 5.32 Å². The molecular weight excluding hydrogens is 386 g/mol. The van der Waals surface area contributed by atoms with Crippen LogP contribution in [-0.2, 0) is 22.4 Å². The summed E-state index contributed by atoms with van der Waals surface area (Å²) < 4.78 is 5.53. The van der Waals surface area contributed by atoms with Crippen LogP contribution in [0.25, 0.3) is 11.3 Å².